The van der Waals surface area contributed by atoms with Gasteiger partial charge >= 0.3 is 0 Å². The highest BCUT2D eigenvalue weighted by atomic mass is 16.3. The molecule has 3 N–H and O–H groups in total. The first-order valence-electron chi connectivity index (χ1n) is 6.24. The Kier molecular flexibility index (Phi) is 4.49. The van der Waals surface area contributed by atoms with Crippen LogP contribution in [0.1, 0.15) is 22.8 Å². The Labute approximate surface area is 112 Å². The van der Waals surface area contributed by atoms with E-state index in [1.54, 1.807) is 30.6 Å². The van der Waals surface area contributed by atoms with Crippen LogP contribution in [0.2, 0.25) is 0 Å². The molecule has 0 radical (unpaired) electrons. The van der Waals surface area contributed by atoms with Crippen LogP contribution in [0.4, 0.5) is 0 Å². The lowest BCUT2D eigenvalue weighted by Gasteiger charge is -2.12. The molecule has 0 bridgehead atoms. The van der Waals surface area contributed by atoms with Crippen molar-refractivity contribution in [2.45, 2.75) is 19.6 Å². The van der Waals surface area contributed by atoms with Gasteiger partial charge in [-0.2, -0.15) is 0 Å². The minimum Gasteiger partial charge on any atom is -0.508 e. The molecule has 2 rings (SSSR count). The number of hydrogen-bond acceptors (Lipinski definition) is 4. The zero-order valence-electron chi connectivity index (χ0n) is 10.9. The number of aromatic nitrogens is 1. The highest BCUT2D eigenvalue weighted by Crippen LogP contribution is 2.18. The van der Waals surface area contributed by atoms with Crippen LogP contribution >= 0.6 is 0 Å². The number of aliphatic hydroxyl groups is 1. The van der Waals surface area contributed by atoms with Gasteiger partial charge in [-0.05, 0) is 30.7 Å². The number of rotatable bonds is 5. The summed E-state index contributed by atoms with van der Waals surface area (Å²) in [5.74, 6) is 0.275. The van der Waals surface area contributed by atoms with E-state index in [1.165, 1.54) is 0 Å². The molecular weight excluding hydrogens is 240 g/mol. The van der Waals surface area contributed by atoms with Crippen molar-refractivity contribution in [3.63, 3.8) is 0 Å². The molecule has 0 saturated heterocycles. The van der Waals surface area contributed by atoms with Crippen molar-refractivity contribution in [2.75, 3.05) is 6.54 Å². The largest absolute Gasteiger partial charge is 0.508 e. The van der Waals surface area contributed by atoms with Crippen LogP contribution in [0.25, 0.3) is 0 Å². The van der Waals surface area contributed by atoms with Gasteiger partial charge in [-0.15, -0.1) is 0 Å². The van der Waals surface area contributed by atoms with Crippen LogP contribution in [-0.4, -0.2) is 21.7 Å². The number of hydrogen-bond donors (Lipinski definition) is 3. The number of phenolic OH excluding ortho intramolecular Hbond substituents is 1. The van der Waals surface area contributed by atoms with Crippen molar-refractivity contribution in [3.05, 3.63) is 59.4 Å². The molecule has 0 spiro atoms. The molecule has 100 valence electrons. The van der Waals surface area contributed by atoms with Crippen molar-refractivity contribution >= 4 is 0 Å². The summed E-state index contributed by atoms with van der Waals surface area (Å²) in [7, 11) is 0. The topological polar surface area (TPSA) is 65.4 Å². The third-order valence-electron chi connectivity index (χ3n) is 2.98. The Bertz CT molecular complexity index is 529. The third kappa shape index (κ3) is 3.77. The molecule has 1 aromatic heterocycles. The second-order valence-electron chi connectivity index (χ2n) is 4.56. The molecular formula is C15H18N2O2. The fourth-order valence-corrected chi connectivity index (χ4v) is 1.90. The first kappa shape index (κ1) is 13.5. The minimum absolute atomic E-state index is 0.275. The molecule has 1 unspecified atom stereocenters. The van der Waals surface area contributed by atoms with Gasteiger partial charge in [-0.3, -0.25) is 4.98 Å². The molecule has 0 aliphatic rings. The number of nitrogens with zero attached hydrogens (tertiary/aromatic N) is 1. The summed E-state index contributed by atoms with van der Waals surface area (Å²) in [6.45, 7) is 2.93. The standard InChI is InChI=1S/C15H18N2O2/c1-11-2-3-14(18)13(8-11)9-17-10-15(19)12-4-6-16-7-5-12/h2-8,15,17-19H,9-10H2,1H3. The minimum atomic E-state index is -0.574. The zero-order valence-corrected chi connectivity index (χ0v) is 10.9. The lowest BCUT2D eigenvalue weighted by atomic mass is 10.1. The summed E-state index contributed by atoms with van der Waals surface area (Å²) in [6, 6.07) is 9.06. The number of aryl methyl sites for hydroxylation is 1. The lowest BCUT2D eigenvalue weighted by Crippen LogP contribution is -2.21. The fraction of sp³-hybridized carbons (Fsp3) is 0.267. The van der Waals surface area contributed by atoms with Crippen LogP contribution in [-0.2, 0) is 6.54 Å². The number of aromatic hydroxyl groups is 1. The van der Waals surface area contributed by atoms with Gasteiger partial charge in [0, 0.05) is 31.0 Å². The quantitative estimate of drug-likeness (QED) is 0.766. The summed E-state index contributed by atoms with van der Waals surface area (Å²) >= 11 is 0. The molecule has 19 heavy (non-hydrogen) atoms. The van der Waals surface area contributed by atoms with E-state index < -0.39 is 6.10 Å². The second kappa shape index (κ2) is 6.31. The van der Waals surface area contributed by atoms with Crippen LogP contribution in [0, 0.1) is 6.92 Å². The average molecular weight is 258 g/mol. The van der Waals surface area contributed by atoms with E-state index in [0.717, 1.165) is 16.7 Å². The number of nitrogens with one attached hydrogen (secondary N) is 1. The van der Waals surface area contributed by atoms with Crippen molar-refractivity contribution in [1.82, 2.24) is 10.3 Å². The van der Waals surface area contributed by atoms with Gasteiger partial charge in [-0.25, -0.2) is 0 Å². The molecule has 4 nitrogen and oxygen atoms in total. The summed E-state index contributed by atoms with van der Waals surface area (Å²) in [4.78, 5) is 3.91. The summed E-state index contributed by atoms with van der Waals surface area (Å²) in [5, 5.41) is 22.8. The molecule has 1 heterocycles. The highest BCUT2D eigenvalue weighted by molar-refractivity contribution is 5.35. The predicted molar refractivity (Wildman–Crippen MR) is 73.7 cm³/mol. The molecule has 0 amide bonds. The number of aliphatic hydroxyl groups excluding tert-OH is 1. The number of phenols is 1. The van der Waals surface area contributed by atoms with Gasteiger partial charge in [0.25, 0.3) is 0 Å². The van der Waals surface area contributed by atoms with Crippen LogP contribution in [0.15, 0.2) is 42.7 Å². The van der Waals surface area contributed by atoms with E-state index in [-0.39, 0.29) is 5.75 Å². The average Bonchev–Trinajstić information content (AvgIpc) is 2.43. The van der Waals surface area contributed by atoms with E-state index in [9.17, 15) is 10.2 Å². The normalized spacial score (nSPS) is 12.3. The van der Waals surface area contributed by atoms with E-state index in [2.05, 4.69) is 10.3 Å². The Morgan fingerprint density at radius 1 is 1.21 bits per heavy atom. The molecule has 2 aromatic rings. The predicted octanol–water partition coefficient (Wildman–Crippen LogP) is 1.92. The number of pyridine rings is 1. The van der Waals surface area contributed by atoms with E-state index in [1.807, 2.05) is 19.1 Å². The smallest absolute Gasteiger partial charge is 0.120 e. The van der Waals surface area contributed by atoms with Crippen LogP contribution in [0.3, 0.4) is 0 Å². The summed E-state index contributed by atoms with van der Waals surface area (Å²) in [6.07, 6.45) is 2.74. The highest BCUT2D eigenvalue weighted by Gasteiger charge is 2.07. The molecule has 0 fully saturated rings. The van der Waals surface area contributed by atoms with Gasteiger partial charge in [0.1, 0.15) is 5.75 Å². The first-order chi connectivity index (χ1) is 9.16. The Morgan fingerprint density at radius 3 is 2.68 bits per heavy atom. The van der Waals surface area contributed by atoms with Gasteiger partial charge in [0.15, 0.2) is 0 Å². The van der Waals surface area contributed by atoms with Crippen molar-refractivity contribution in [2.24, 2.45) is 0 Å². The third-order valence-corrected chi connectivity index (χ3v) is 2.98. The SMILES string of the molecule is Cc1ccc(O)c(CNCC(O)c2ccncc2)c1. The summed E-state index contributed by atoms with van der Waals surface area (Å²) in [5.41, 5.74) is 2.77. The number of benzene rings is 1. The van der Waals surface area contributed by atoms with Crippen LogP contribution < -0.4 is 5.32 Å². The molecule has 0 aliphatic carbocycles. The van der Waals surface area contributed by atoms with Crippen molar-refractivity contribution < 1.29 is 10.2 Å². The van der Waals surface area contributed by atoms with Gasteiger partial charge < -0.3 is 15.5 Å². The van der Waals surface area contributed by atoms with E-state index in [0.29, 0.717) is 13.1 Å². The Balaban J connectivity index is 1.88. The maximum absolute atomic E-state index is 9.97. The van der Waals surface area contributed by atoms with E-state index in [4.69, 9.17) is 0 Å². The Hall–Kier alpha value is -1.91. The first-order valence-corrected chi connectivity index (χ1v) is 6.24. The monoisotopic (exact) mass is 258 g/mol. The second-order valence-corrected chi connectivity index (χ2v) is 4.56. The van der Waals surface area contributed by atoms with Crippen molar-refractivity contribution in [3.8, 4) is 5.75 Å². The van der Waals surface area contributed by atoms with Gasteiger partial charge in [-0.1, -0.05) is 17.7 Å². The maximum atomic E-state index is 9.97. The van der Waals surface area contributed by atoms with E-state index >= 15 is 0 Å². The molecule has 1 aromatic carbocycles. The van der Waals surface area contributed by atoms with Crippen molar-refractivity contribution in [1.29, 1.82) is 0 Å². The molecule has 1 atom stereocenters. The van der Waals surface area contributed by atoms with Crippen LogP contribution in [0.5, 0.6) is 5.75 Å². The fourth-order valence-electron chi connectivity index (χ4n) is 1.90. The lowest BCUT2D eigenvalue weighted by molar-refractivity contribution is 0.174. The Morgan fingerprint density at radius 2 is 1.95 bits per heavy atom. The van der Waals surface area contributed by atoms with Gasteiger partial charge in [0.05, 0.1) is 6.10 Å². The summed E-state index contributed by atoms with van der Waals surface area (Å²) < 4.78 is 0. The maximum Gasteiger partial charge on any atom is 0.120 e. The molecule has 0 aliphatic heterocycles. The zero-order chi connectivity index (χ0) is 13.7. The van der Waals surface area contributed by atoms with Gasteiger partial charge in [0.2, 0.25) is 0 Å². The molecule has 4 heteroatoms. The molecule has 0 saturated carbocycles.